The van der Waals surface area contributed by atoms with Gasteiger partial charge in [-0.05, 0) is 36.4 Å². The maximum absolute atomic E-state index is 14.5. The molecule has 11 nitrogen and oxygen atoms in total. The molecule has 0 fully saturated rings. The zero-order valence-electron chi connectivity index (χ0n) is 25.3. The Morgan fingerprint density at radius 2 is 1.41 bits per heavy atom. The summed E-state index contributed by atoms with van der Waals surface area (Å²) in [6, 6.07) is 13.8. The molecule has 0 saturated heterocycles. The maximum Gasteiger partial charge on any atom is 0.230 e. The molecule has 2 heterocycles. The first-order chi connectivity index (χ1) is 19.7. The Labute approximate surface area is 244 Å². The second-order valence-electron chi connectivity index (χ2n) is 9.72. The Bertz CT molecular complexity index is 1310. The average Bonchev–Trinajstić information content (AvgIpc) is 2.96. The summed E-state index contributed by atoms with van der Waals surface area (Å²) in [6.07, 6.45) is 1.79. The molecule has 226 valence electrons. The van der Waals surface area contributed by atoms with Crippen LogP contribution in [0.15, 0.2) is 48.7 Å². The van der Waals surface area contributed by atoms with Crippen LogP contribution in [0.3, 0.4) is 0 Å². The van der Waals surface area contributed by atoms with Crippen molar-refractivity contribution in [2.24, 2.45) is 0 Å². The number of methoxy groups -OCH3 is 1. The molecule has 13 heteroatoms. The molecule has 0 aliphatic carbocycles. The minimum absolute atomic E-state index is 0.383. The Morgan fingerprint density at radius 1 is 0.829 bits per heavy atom. The summed E-state index contributed by atoms with van der Waals surface area (Å²) in [5.74, 6) is 1.36. The molecule has 0 radical (unpaired) electrons. The lowest BCUT2D eigenvalue weighted by atomic mass is 10.1. The summed E-state index contributed by atoms with van der Waals surface area (Å²) in [5.41, 5.74) is 2.11. The summed E-state index contributed by atoms with van der Waals surface area (Å²) in [5, 5.41) is 12.4. The Hall–Kier alpha value is -2.52. The van der Waals surface area contributed by atoms with Crippen molar-refractivity contribution in [3.63, 3.8) is 0 Å². The van der Waals surface area contributed by atoms with Crippen LogP contribution in [0, 0.1) is 0 Å². The molecule has 0 bridgehead atoms. The van der Waals surface area contributed by atoms with E-state index in [0.717, 1.165) is 30.0 Å². The zero-order valence-corrected chi connectivity index (χ0v) is 27.1. The van der Waals surface area contributed by atoms with Gasteiger partial charge in [-0.15, -0.1) is 0 Å². The van der Waals surface area contributed by atoms with Gasteiger partial charge in [-0.3, -0.25) is 29.5 Å². The van der Waals surface area contributed by atoms with Gasteiger partial charge in [0.1, 0.15) is 17.3 Å². The fourth-order valence-electron chi connectivity index (χ4n) is 4.84. The molecule has 0 spiro atoms. The zero-order chi connectivity index (χ0) is 30.0. The molecule has 4 N–H and O–H groups in total. The first-order valence-electron chi connectivity index (χ1n) is 14.2. The van der Waals surface area contributed by atoms with Crippen molar-refractivity contribution in [2.45, 2.75) is 33.1 Å². The highest BCUT2D eigenvalue weighted by Crippen LogP contribution is 2.70. The second-order valence-corrected chi connectivity index (χ2v) is 15.1. The molecule has 3 aromatic rings. The highest BCUT2D eigenvalue weighted by molar-refractivity contribution is 7.77. The van der Waals surface area contributed by atoms with E-state index >= 15 is 0 Å². The maximum atomic E-state index is 14.5. The van der Waals surface area contributed by atoms with Gasteiger partial charge in [0.2, 0.25) is 14.9 Å². The van der Waals surface area contributed by atoms with Crippen LogP contribution in [0.2, 0.25) is 0 Å². The van der Waals surface area contributed by atoms with E-state index < -0.39 is 20.3 Å². The predicted octanol–water partition coefficient (Wildman–Crippen LogP) is 5.03. The normalized spacial score (nSPS) is 12.2. The molecule has 0 saturated carbocycles. The molecule has 0 unspecified atom stereocenters. The van der Waals surface area contributed by atoms with Gasteiger partial charge in [-0.1, -0.05) is 33.8 Å². The van der Waals surface area contributed by atoms with Crippen molar-refractivity contribution < 1.29 is 13.9 Å². The lowest BCUT2D eigenvalue weighted by Crippen LogP contribution is -2.34. The van der Waals surface area contributed by atoms with Crippen molar-refractivity contribution in [1.29, 1.82) is 0 Å². The largest absolute Gasteiger partial charge is 0.495 e. The molecule has 1 aromatic carbocycles. The van der Waals surface area contributed by atoms with Gasteiger partial charge in [0.15, 0.2) is 5.40 Å². The van der Waals surface area contributed by atoms with Crippen LogP contribution in [0.25, 0.3) is 10.9 Å². The lowest BCUT2D eigenvalue weighted by Gasteiger charge is -2.35. The highest BCUT2D eigenvalue weighted by Gasteiger charge is 2.49. The van der Waals surface area contributed by atoms with E-state index in [4.69, 9.17) is 9.72 Å². The number of hydrogen-bond acceptors (Lipinski definition) is 7. The Kier molecular flexibility index (Phi) is 12.1. The van der Waals surface area contributed by atoms with E-state index in [-0.39, 0.29) is 0 Å². The Morgan fingerprint density at radius 3 is 1.93 bits per heavy atom. The van der Waals surface area contributed by atoms with Crippen LogP contribution in [0.1, 0.15) is 38.8 Å². The molecular formula is C28H46N8O3P2. The quantitative estimate of drug-likeness (QED) is 0.155. The van der Waals surface area contributed by atoms with E-state index in [1.54, 1.807) is 13.3 Å². The van der Waals surface area contributed by atoms with E-state index in [9.17, 15) is 9.13 Å². The summed E-state index contributed by atoms with van der Waals surface area (Å²) >= 11 is 0. The fraction of sp³-hybridized carbons (Fsp3) is 0.500. The SMILES string of the molecule is CCNP(=O)(NCC)C(c1nc2ccc(N(C)CCN(C)c3ccccn3)cc2cc1OC)P(=O)(NCC)NCC. The van der Waals surface area contributed by atoms with Gasteiger partial charge < -0.3 is 14.5 Å². The van der Waals surface area contributed by atoms with E-state index in [0.29, 0.717) is 43.1 Å². The van der Waals surface area contributed by atoms with Crippen molar-refractivity contribution >= 4 is 37.3 Å². The number of nitrogens with one attached hydrogen (secondary N) is 4. The summed E-state index contributed by atoms with van der Waals surface area (Å²) in [7, 11) is -1.30. The number of hydrogen-bond donors (Lipinski definition) is 4. The van der Waals surface area contributed by atoms with Crippen molar-refractivity contribution in [3.8, 4) is 5.75 Å². The monoisotopic (exact) mass is 604 g/mol. The number of benzene rings is 1. The number of rotatable bonds is 17. The number of ether oxygens (including phenoxy) is 1. The van der Waals surface area contributed by atoms with E-state index in [1.165, 1.54) is 0 Å². The molecule has 3 rings (SSSR count). The Balaban J connectivity index is 2.04. The van der Waals surface area contributed by atoms with Gasteiger partial charge in [0.25, 0.3) is 0 Å². The molecule has 0 amide bonds. The van der Waals surface area contributed by atoms with Crippen LogP contribution in [-0.2, 0) is 9.13 Å². The summed E-state index contributed by atoms with van der Waals surface area (Å²) in [6.45, 7) is 10.8. The van der Waals surface area contributed by atoms with Crippen LogP contribution in [0.5, 0.6) is 5.75 Å². The van der Waals surface area contributed by atoms with E-state index in [2.05, 4.69) is 48.2 Å². The highest BCUT2D eigenvalue weighted by atomic mass is 31.2. The third-order valence-corrected chi connectivity index (χ3v) is 13.7. The van der Waals surface area contributed by atoms with Gasteiger partial charge in [0.05, 0.1) is 12.6 Å². The van der Waals surface area contributed by atoms with Crippen molar-refractivity contribution in [2.75, 3.05) is 70.3 Å². The van der Waals surface area contributed by atoms with Crippen LogP contribution in [0.4, 0.5) is 11.5 Å². The molecule has 41 heavy (non-hydrogen) atoms. The van der Waals surface area contributed by atoms with Crippen LogP contribution in [-0.4, -0.2) is 70.4 Å². The topological polar surface area (TPSA) is 124 Å². The van der Waals surface area contributed by atoms with Gasteiger partial charge in [-0.25, -0.2) is 9.97 Å². The third kappa shape index (κ3) is 7.86. The smallest absolute Gasteiger partial charge is 0.230 e. The van der Waals surface area contributed by atoms with Gasteiger partial charge in [0, 0.05) is 70.6 Å². The predicted molar refractivity (Wildman–Crippen MR) is 172 cm³/mol. The molecule has 2 aromatic heterocycles. The lowest BCUT2D eigenvalue weighted by molar-refractivity contribution is 0.408. The molecule has 0 aliphatic heterocycles. The molecule has 0 atom stereocenters. The standard InChI is InChI=1S/C28H46N8O3P2/c1-8-30-40(37,31-9-2)28(41(38,32-10-3)33-11-4)27-25(39-7)21-22-20-23(15-16-24(22)34-27)35(5)18-19-36(6)26-14-12-13-17-29-26/h12-17,20-21,28H,8-11,18-19H2,1-7H3,(H2,30,31,37)(H2,32,33,38). The van der Waals surface area contributed by atoms with Gasteiger partial charge >= 0.3 is 0 Å². The van der Waals surface area contributed by atoms with Crippen LogP contribution < -0.4 is 34.9 Å². The van der Waals surface area contributed by atoms with Gasteiger partial charge in [-0.2, -0.15) is 0 Å². The molecular weight excluding hydrogens is 558 g/mol. The number of pyridine rings is 2. The summed E-state index contributed by atoms with van der Waals surface area (Å²) in [4.78, 5) is 13.7. The van der Waals surface area contributed by atoms with Crippen LogP contribution >= 0.6 is 14.9 Å². The number of fused-ring (bicyclic) bond motifs is 1. The van der Waals surface area contributed by atoms with Crippen molar-refractivity contribution in [3.05, 3.63) is 54.4 Å². The van der Waals surface area contributed by atoms with Crippen molar-refractivity contribution in [1.82, 2.24) is 30.3 Å². The average molecular weight is 605 g/mol. The first-order valence-corrected chi connectivity index (χ1v) is 17.7. The summed E-state index contributed by atoms with van der Waals surface area (Å²) < 4.78 is 34.8. The number of aromatic nitrogens is 2. The minimum atomic E-state index is -3.47. The number of likely N-dealkylation sites (N-methyl/N-ethyl adjacent to an activating group) is 2. The fourth-order valence-corrected chi connectivity index (χ4v) is 11.5. The molecule has 0 aliphatic rings. The van der Waals surface area contributed by atoms with E-state index in [1.807, 2.05) is 71.1 Å². The number of anilines is 2. The number of nitrogens with zero attached hydrogens (tertiary/aromatic N) is 4. The first kappa shape index (κ1) is 33.0. The second kappa shape index (κ2) is 15.1. The third-order valence-electron chi connectivity index (χ3n) is 6.77. The minimum Gasteiger partial charge on any atom is -0.495 e.